The summed E-state index contributed by atoms with van der Waals surface area (Å²) in [5.41, 5.74) is 4.08. The number of imidazole rings is 1. The first-order valence-electron chi connectivity index (χ1n) is 8.21. The second-order valence-corrected chi connectivity index (χ2v) is 6.61. The predicted octanol–water partition coefficient (Wildman–Crippen LogP) is 4.14. The van der Waals surface area contributed by atoms with Gasteiger partial charge in [0.15, 0.2) is 11.6 Å². The van der Waals surface area contributed by atoms with Gasteiger partial charge >= 0.3 is 0 Å². The van der Waals surface area contributed by atoms with Crippen LogP contribution in [0.2, 0.25) is 0 Å². The monoisotopic (exact) mass is 327 g/mol. The van der Waals surface area contributed by atoms with Crippen LogP contribution in [0.4, 0.5) is 8.78 Å². The number of likely N-dealkylation sites (tertiary alicyclic amines) is 1. The normalized spacial score (nSPS) is 18.5. The summed E-state index contributed by atoms with van der Waals surface area (Å²) in [6, 6.07) is 10.3. The van der Waals surface area contributed by atoms with Crippen molar-refractivity contribution in [3.63, 3.8) is 0 Å². The molecule has 0 saturated carbocycles. The zero-order valence-electron chi connectivity index (χ0n) is 13.5. The second kappa shape index (κ2) is 5.98. The number of nitrogens with zero attached hydrogens (tertiary/aromatic N) is 2. The first-order valence-corrected chi connectivity index (χ1v) is 8.21. The molecule has 4 rings (SSSR count). The van der Waals surface area contributed by atoms with Crippen LogP contribution >= 0.6 is 0 Å². The van der Waals surface area contributed by atoms with Crippen molar-refractivity contribution >= 4 is 11.0 Å². The van der Waals surface area contributed by atoms with Crippen LogP contribution in [0.5, 0.6) is 0 Å². The number of halogens is 2. The molecule has 3 nitrogen and oxygen atoms in total. The maximum atomic E-state index is 13.3. The Morgan fingerprint density at radius 2 is 2.04 bits per heavy atom. The zero-order chi connectivity index (χ0) is 16.7. The Labute approximate surface area is 139 Å². The molecule has 124 valence electrons. The molecular formula is C19H19F2N3. The summed E-state index contributed by atoms with van der Waals surface area (Å²) >= 11 is 0. The zero-order valence-corrected chi connectivity index (χ0v) is 13.5. The highest BCUT2D eigenvalue weighted by atomic mass is 19.2. The fraction of sp³-hybridized carbons (Fsp3) is 0.316. The van der Waals surface area contributed by atoms with Crippen LogP contribution in [0, 0.1) is 18.6 Å². The minimum absolute atomic E-state index is 0.350. The molecule has 24 heavy (non-hydrogen) atoms. The van der Waals surface area contributed by atoms with E-state index in [1.54, 1.807) is 6.07 Å². The van der Waals surface area contributed by atoms with Crippen molar-refractivity contribution in [3.8, 4) is 0 Å². The van der Waals surface area contributed by atoms with Crippen LogP contribution in [0.1, 0.15) is 29.3 Å². The lowest BCUT2D eigenvalue weighted by atomic mass is 10.1. The van der Waals surface area contributed by atoms with Gasteiger partial charge in [-0.15, -0.1) is 0 Å². The third-order valence-electron chi connectivity index (χ3n) is 4.70. The molecule has 0 aliphatic carbocycles. The van der Waals surface area contributed by atoms with Gasteiger partial charge in [0.25, 0.3) is 0 Å². The van der Waals surface area contributed by atoms with Gasteiger partial charge in [0.1, 0.15) is 5.82 Å². The molecule has 1 saturated heterocycles. The van der Waals surface area contributed by atoms with Crippen molar-refractivity contribution in [2.45, 2.75) is 25.8 Å². The average Bonchev–Trinajstić information content (AvgIpc) is 3.17. The largest absolute Gasteiger partial charge is 0.342 e. The quantitative estimate of drug-likeness (QED) is 0.784. The van der Waals surface area contributed by atoms with Gasteiger partial charge in [0.2, 0.25) is 0 Å². The van der Waals surface area contributed by atoms with E-state index in [9.17, 15) is 8.78 Å². The Morgan fingerprint density at radius 3 is 2.88 bits per heavy atom. The van der Waals surface area contributed by atoms with Crippen LogP contribution in [0.25, 0.3) is 11.0 Å². The lowest BCUT2D eigenvalue weighted by molar-refractivity contribution is 0.325. The Morgan fingerprint density at radius 1 is 1.17 bits per heavy atom. The Hall–Kier alpha value is -2.27. The maximum Gasteiger partial charge on any atom is 0.159 e. The van der Waals surface area contributed by atoms with Crippen molar-refractivity contribution in [2.75, 3.05) is 13.1 Å². The third-order valence-corrected chi connectivity index (χ3v) is 4.70. The second-order valence-electron chi connectivity index (χ2n) is 6.61. The third kappa shape index (κ3) is 2.91. The van der Waals surface area contributed by atoms with E-state index in [1.807, 2.05) is 6.07 Å². The fourth-order valence-corrected chi connectivity index (χ4v) is 3.43. The highest BCUT2D eigenvalue weighted by Gasteiger charge is 2.26. The Balaban J connectivity index is 1.47. The van der Waals surface area contributed by atoms with Crippen molar-refractivity contribution in [1.29, 1.82) is 0 Å². The highest BCUT2D eigenvalue weighted by molar-refractivity contribution is 5.75. The SMILES string of the molecule is Cc1ccc2nc([C@H]3CCN(Cc4ccc(F)c(F)c4)C3)[nH]c2c1. The minimum Gasteiger partial charge on any atom is -0.342 e. The molecule has 1 aromatic heterocycles. The number of aromatic nitrogens is 2. The molecular weight excluding hydrogens is 308 g/mol. The van der Waals surface area contributed by atoms with E-state index in [0.29, 0.717) is 12.5 Å². The molecule has 0 bridgehead atoms. The molecule has 1 aliphatic heterocycles. The standard InChI is InChI=1S/C19H19F2N3/c1-12-2-5-17-18(8-12)23-19(22-17)14-6-7-24(11-14)10-13-3-4-15(20)16(21)9-13/h2-5,8-9,14H,6-7,10-11H2,1H3,(H,22,23)/t14-/m0/s1. The van der Waals surface area contributed by atoms with Gasteiger partial charge in [0, 0.05) is 19.0 Å². The van der Waals surface area contributed by atoms with E-state index >= 15 is 0 Å². The molecule has 5 heteroatoms. The molecule has 1 N–H and O–H groups in total. The van der Waals surface area contributed by atoms with Crippen molar-refractivity contribution in [1.82, 2.24) is 14.9 Å². The molecule has 1 fully saturated rings. The van der Waals surface area contributed by atoms with E-state index in [4.69, 9.17) is 4.98 Å². The van der Waals surface area contributed by atoms with Crippen LogP contribution < -0.4 is 0 Å². The molecule has 0 radical (unpaired) electrons. The predicted molar refractivity (Wildman–Crippen MR) is 89.8 cm³/mol. The molecule has 0 amide bonds. The number of aryl methyl sites for hydroxylation is 1. The Bertz CT molecular complexity index is 887. The smallest absolute Gasteiger partial charge is 0.159 e. The minimum atomic E-state index is -0.796. The van der Waals surface area contributed by atoms with Crippen LogP contribution in [0.15, 0.2) is 36.4 Å². The van der Waals surface area contributed by atoms with Crippen LogP contribution in [-0.4, -0.2) is 28.0 Å². The molecule has 0 spiro atoms. The Kier molecular flexibility index (Phi) is 3.81. The van der Waals surface area contributed by atoms with E-state index in [-0.39, 0.29) is 0 Å². The topological polar surface area (TPSA) is 31.9 Å². The average molecular weight is 327 g/mol. The van der Waals surface area contributed by atoms with Gasteiger partial charge in [-0.05, 0) is 55.3 Å². The van der Waals surface area contributed by atoms with Crippen molar-refractivity contribution in [3.05, 3.63) is 65.0 Å². The lowest BCUT2D eigenvalue weighted by Crippen LogP contribution is -2.20. The maximum absolute atomic E-state index is 13.3. The fourth-order valence-electron chi connectivity index (χ4n) is 3.43. The number of aromatic amines is 1. The number of fused-ring (bicyclic) bond motifs is 1. The highest BCUT2D eigenvalue weighted by Crippen LogP contribution is 2.28. The van der Waals surface area contributed by atoms with Gasteiger partial charge in [-0.1, -0.05) is 12.1 Å². The molecule has 1 aliphatic rings. The molecule has 2 aromatic carbocycles. The summed E-state index contributed by atoms with van der Waals surface area (Å²) in [7, 11) is 0. The number of benzene rings is 2. The lowest BCUT2D eigenvalue weighted by Gasteiger charge is -2.15. The number of nitrogens with one attached hydrogen (secondary N) is 1. The van der Waals surface area contributed by atoms with Gasteiger partial charge in [-0.25, -0.2) is 13.8 Å². The molecule has 0 unspecified atom stereocenters. The van der Waals surface area contributed by atoms with Gasteiger partial charge < -0.3 is 4.98 Å². The molecule has 1 atom stereocenters. The van der Waals surface area contributed by atoms with Gasteiger partial charge in [0.05, 0.1) is 11.0 Å². The molecule has 3 aromatic rings. The van der Waals surface area contributed by atoms with Crippen LogP contribution in [-0.2, 0) is 6.54 Å². The summed E-state index contributed by atoms with van der Waals surface area (Å²) in [6.45, 7) is 4.50. The van der Waals surface area contributed by atoms with E-state index < -0.39 is 11.6 Å². The van der Waals surface area contributed by atoms with E-state index in [2.05, 4.69) is 28.9 Å². The number of H-pyrrole nitrogens is 1. The van der Waals surface area contributed by atoms with E-state index in [1.165, 1.54) is 17.7 Å². The number of hydrogen-bond donors (Lipinski definition) is 1. The van der Waals surface area contributed by atoms with Crippen molar-refractivity contribution < 1.29 is 8.78 Å². The summed E-state index contributed by atoms with van der Waals surface area (Å²) in [5, 5.41) is 0. The molecule has 2 heterocycles. The summed E-state index contributed by atoms with van der Waals surface area (Å²) in [4.78, 5) is 10.4. The summed E-state index contributed by atoms with van der Waals surface area (Å²) in [5.74, 6) is -0.210. The number of rotatable bonds is 3. The van der Waals surface area contributed by atoms with E-state index in [0.717, 1.165) is 41.9 Å². The number of hydrogen-bond acceptors (Lipinski definition) is 2. The van der Waals surface area contributed by atoms with Crippen LogP contribution in [0.3, 0.4) is 0 Å². The van der Waals surface area contributed by atoms with Gasteiger partial charge in [-0.2, -0.15) is 0 Å². The summed E-state index contributed by atoms with van der Waals surface area (Å²) in [6.07, 6.45) is 1.02. The van der Waals surface area contributed by atoms with Crippen molar-refractivity contribution in [2.24, 2.45) is 0 Å². The first kappa shape index (κ1) is 15.3. The first-order chi connectivity index (χ1) is 11.6. The van der Waals surface area contributed by atoms with Gasteiger partial charge in [-0.3, -0.25) is 4.90 Å². The summed E-state index contributed by atoms with van der Waals surface area (Å²) < 4.78 is 26.4.